The summed E-state index contributed by atoms with van der Waals surface area (Å²) >= 11 is 4.57. The number of aromatic nitrogens is 2. The Morgan fingerprint density at radius 2 is 2.24 bits per heavy atom. The van der Waals surface area contributed by atoms with Crippen molar-refractivity contribution in [2.24, 2.45) is 0 Å². The van der Waals surface area contributed by atoms with Crippen LogP contribution < -0.4 is 10.3 Å². The van der Waals surface area contributed by atoms with Crippen LogP contribution in [0.2, 0.25) is 0 Å². The van der Waals surface area contributed by atoms with Crippen molar-refractivity contribution >= 4 is 27.7 Å². The Bertz CT molecular complexity index is 798. The lowest BCUT2D eigenvalue weighted by Crippen LogP contribution is -2.14. The Kier molecular flexibility index (Phi) is 4.55. The lowest BCUT2D eigenvalue weighted by atomic mass is 10.1. The highest BCUT2D eigenvalue weighted by Gasteiger charge is 2.19. The molecule has 0 spiro atoms. The van der Waals surface area contributed by atoms with E-state index in [2.05, 4.69) is 25.9 Å². The van der Waals surface area contributed by atoms with E-state index >= 15 is 0 Å². The molecule has 0 aliphatic heterocycles. The lowest BCUT2D eigenvalue weighted by Gasteiger charge is -2.11. The van der Waals surface area contributed by atoms with Crippen LogP contribution in [0, 0.1) is 11.3 Å². The van der Waals surface area contributed by atoms with Crippen LogP contribution in [-0.2, 0) is 0 Å². The predicted molar refractivity (Wildman–Crippen MR) is 82.7 cm³/mol. The maximum atomic E-state index is 11.9. The average Bonchev–Trinajstić information content (AvgIpc) is 2.47. The minimum atomic E-state index is -0.509. The van der Waals surface area contributed by atoms with Gasteiger partial charge in [-0.25, -0.2) is 4.98 Å². The van der Waals surface area contributed by atoms with E-state index in [1.54, 1.807) is 12.3 Å². The second-order valence-corrected chi connectivity index (χ2v) is 5.48. The number of aromatic amines is 1. The molecule has 1 aromatic carbocycles. The number of nitrogens with zero attached hydrogens (tertiary/aromatic N) is 2. The number of thioether (sulfide) groups is 1. The van der Waals surface area contributed by atoms with Crippen LogP contribution >= 0.6 is 27.7 Å². The van der Waals surface area contributed by atoms with Crippen molar-refractivity contribution < 1.29 is 9.84 Å². The molecule has 0 atom stereocenters. The first-order valence-corrected chi connectivity index (χ1v) is 7.69. The molecule has 108 valence electrons. The van der Waals surface area contributed by atoms with Crippen molar-refractivity contribution in [3.63, 3.8) is 0 Å². The second kappa shape index (κ2) is 6.20. The number of nitrogens with one attached hydrogen (secondary N) is 1. The van der Waals surface area contributed by atoms with Crippen molar-refractivity contribution in [1.29, 1.82) is 5.26 Å². The van der Waals surface area contributed by atoms with Gasteiger partial charge in [0.05, 0.1) is 17.3 Å². The number of methoxy groups -OCH3 is 1. The zero-order chi connectivity index (χ0) is 15.6. The molecule has 0 radical (unpaired) electrons. The third kappa shape index (κ3) is 2.75. The molecule has 0 fully saturated rings. The van der Waals surface area contributed by atoms with Gasteiger partial charge in [-0.2, -0.15) is 5.26 Å². The smallest absolute Gasteiger partial charge is 0.270 e. The van der Waals surface area contributed by atoms with Crippen LogP contribution in [0.15, 0.2) is 26.6 Å². The number of hydrogen-bond donors (Lipinski definition) is 2. The first-order chi connectivity index (χ1) is 10.0. The third-order valence-corrected chi connectivity index (χ3v) is 4.11. The fourth-order valence-electron chi connectivity index (χ4n) is 1.77. The molecule has 21 heavy (non-hydrogen) atoms. The number of nitriles is 1. The van der Waals surface area contributed by atoms with Crippen molar-refractivity contribution in [1.82, 2.24) is 9.97 Å². The van der Waals surface area contributed by atoms with Crippen molar-refractivity contribution in [2.45, 2.75) is 5.16 Å². The van der Waals surface area contributed by atoms with E-state index in [9.17, 15) is 15.2 Å². The summed E-state index contributed by atoms with van der Waals surface area (Å²) in [6, 6.07) is 4.84. The molecular weight excluding hydrogens is 358 g/mol. The number of H-pyrrole nitrogens is 1. The van der Waals surface area contributed by atoms with E-state index in [4.69, 9.17) is 4.74 Å². The number of benzene rings is 1. The highest BCUT2D eigenvalue weighted by atomic mass is 79.9. The van der Waals surface area contributed by atoms with Crippen molar-refractivity contribution in [3.05, 3.63) is 32.5 Å². The van der Waals surface area contributed by atoms with Gasteiger partial charge in [-0.1, -0.05) is 11.8 Å². The minimum Gasteiger partial charge on any atom is -0.504 e. The summed E-state index contributed by atoms with van der Waals surface area (Å²) in [7, 11) is 1.41. The third-order valence-electron chi connectivity index (χ3n) is 2.74. The SMILES string of the molecule is COc1c(O)ccc(-c2nc(SC)[nH]c(=O)c2C#N)c1Br. The number of phenolic OH excluding ortho intramolecular Hbond substituents is 1. The molecule has 0 saturated carbocycles. The van der Waals surface area contributed by atoms with E-state index < -0.39 is 5.56 Å². The Hall–Kier alpha value is -1.98. The summed E-state index contributed by atoms with van der Waals surface area (Å²) in [5.74, 6) is 0.158. The maximum Gasteiger partial charge on any atom is 0.270 e. The standard InChI is InChI=1S/C13H10BrN3O3S/c1-20-11-8(18)4-3-6(9(11)14)10-7(5-15)12(19)17-13(16-10)21-2/h3-4,18H,1-2H3,(H,16,17,19). The topological polar surface area (TPSA) is 99.0 Å². The zero-order valence-corrected chi connectivity index (χ0v) is 13.5. The normalized spacial score (nSPS) is 10.2. The van der Waals surface area contributed by atoms with Gasteiger partial charge >= 0.3 is 0 Å². The number of hydrogen-bond acceptors (Lipinski definition) is 6. The number of halogens is 1. The molecule has 0 bridgehead atoms. The summed E-state index contributed by atoms with van der Waals surface area (Å²) in [5.41, 5.74) is 0.116. The highest BCUT2D eigenvalue weighted by Crippen LogP contribution is 2.41. The molecule has 2 aromatic rings. The summed E-state index contributed by atoms with van der Waals surface area (Å²) in [4.78, 5) is 18.7. The Balaban J connectivity index is 2.82. The van der Waals surface area contributed by atoms with E-state index in [1.807, 2.05) is 6.07 Å². The van der Waals surface area contributed by atoms with Gasteiger partial charge in [0.25, 0.3) is 5.56 Å². The number of ether oxygens (including phenoxy) is 1. The van der Waals surface area contributed by atoms with Gasteiger partial charge < -0.3 is 14.8 Å². The Morgan fingerprint density at radius 3 is 2.81 bits per heavy atom. The van der Waals surface area contributed by atoms with Gasteiger partial charge in [0.1, 0.15) is 11.6 Å². The van der Waals surface area contributed by atoms with E-state index in [-0.39, 0.29) is 22.8 Å². The van der Waals surface area contributed by atoms with Gasteiger partial charge in [0.2, 0.25) is 0 Å². The first kappa shape index (κ1) is 15.4. The molecule has 8 heteroatoms. The molecule has 0 aliphatic rings. The molecule has 1 aromatic heterocycles. The van der Waals surface area contributed by atoms with Crippen molar-refractivity contribution in [3.8, 4) is 28.8 Å². The lowest BCUT2D eigenvalue weighted by molar-refractivity contribution is 0.371. The van der Waals surface area contributed by atoms with E-state index in [0.29, 0.717) is 15.2 Å². The van der Waals surface area contributed by atoms with Crippen LogP contribution in [-0.4, -0.2) is 28.4 Å². The average molecular weight is 368 g/mol. The number of rotatable bonds is 3. The number of aromatic hydroxyl groups is 1. The van der Waals surface area contributed by atoms with Crippen LogP contribution in [0.5, 0.6) is 11.5 Å². The summed E-state index contributed by atoms with van der Waals surface area (Å²) in [5, 5.41) is 19.3. The van der Waals surface area contributed by atoms with Crippen molar-refractivity contribution in [2.75, 3.05) is 13.4 Å². The first-order valence-electron chi connectivity index (χ1n) is 5.67. The second-order valence-electron chi connectivity index (χ2n) is 3.89. The molecular formula is C13H10BrN3O3S. The van der Waals surface area contributed by atoms with Gasteiger partial charge in [-0.05, 0) is 34.3 Å². The molecule has 1 heterocycles. The van der Waals surface area contributed by atoms with Gasteiger partial charge in [0.15, 0.2) is 16.7 Å². The van der Waals surface area contributed by atoms with Gasteiger partial charge in [-0.15, -0.1) is 0 Å². The van der Waals surface area contributed by atoms with E-state index in [0.717, 1.165) is 0 Å². The van der Waals surface area contributed by atoms with Gasteiger partial charge in [0, 0.05) is 5.56 Å². The molecule has 6 nitrogen and oxygen atoms in total. The summed E-state index contributed by atoms with van der Waals surface area (Å²) in [6.07, 6.45) is 1.76. The Morgan fingerprint density at radius 1 is 1.52 bits per heavy atom. The fraction of sp³-hybridized carbons (Fsp3) is 0.154. The minimum absolute atomic E-state index is 0.0541. The highest BCUT2D eigenvalue weighted by molar-refractivity contribution is 9.10. The Labute approximate surface area is 132 Å². The van der Waals surface area contributed by atoms with Crippen LogP contribution in [0.1, 0.15) is 5.56 Å². The van der Waals surface area contributed by atoms with Crippen LogP contribution in [0.3, 0.4) is 0 Å². The fourth-order valence-corrected chi connectivity index (χ4v) is 2.83. The number of phenols is 1. The molecule has 0 saturated heterocycles. The monoisotopic (exact) mass is 367 g/mol. The predicted octanol–water partition coefficient (Wildman–Crippen LogP) is 2.51. The van der Waals surface area contributed by atoms with E-state index in [1.165, 1.54) is 24.9 Å². The molecule has 0 aliphatic carbocycles. The van der Waals surface area contributed by atoms with Gasteiger partial charge in [-0.3, -0.25) is 4.79 Å². The maximum absolute atomic E-state index is 11.9. The molecule has 0 unspecified atom stereocenters. The summed E-state index contributed by atoms with van der Waals surface area (Å²) < 4.78 is 5.52. The van der Waals surface area contributed by atoms with Crippen LogP contribution in [0.4, 0.5) is 0 Å². The molecule has 2 rings (SSSR count). The largest absolute Gasteiger partial charge is 0.504 e. The van der Waals surface area contributed by atoms with Crippen LogP contribution in [0.25, 0.3) is 11.3 Å². The molecule has 0 amide bonds. The molecule has 2 N–H and O–H groups in total. The quantitative estimate of drug-likeness (QED) is 0.638. The summed E-state index contributed by atoms with van der Waals surface area (Å²) in [6.45, 7) is 0. The zero-order valence-electron chi connectivity index (χ0n) is 11.1.